The van der Waals surface area contributed by atoms with Gasteiger partial charge in [0.2, 0.25) is 12.2 Å². The average Bonchev–Trinajstić information content (AvgIpc) is 3.26. The number of aromatic nitrogens is 1. The van der Waals surface area contributed by atoms with Crippen molar-refractivity contribution in [2.45, 2.75) is 70.5 Å². The Bertz CT molecular complexity index is 1330. The van der Waals surface area contributed by atoms with Crippen LogP contribution in [-0.4, -0.2) is 87.9 Å². The maximum Gasteiger partial charge on any atom is 0.265 e. The number of aliphatic hydroxyl groups is 2. The Kier molecular flexibility index (Phi) is 10.2. The van der Waals surface area contributed by atoms with Crippen molar-refractivity contribution in [3.63, 3.8) is 0 Å². The first-order chi connectivity index (χ1) is 20.1. The number of aliphatic imine (C=N–C) groups is 1. The zero-order valence-corrected chi connectivity index (χ0v) is 24.1. The van der Waals surface area contributed by atoms with Crippen LogP contribution in [0.5, 0.6) is 11.5 Å². The number of fused-ring (bicyclic) bond motifs is 1. The van der Waals surface area contributed by atoms with Crippen molar-refractivity contribution in [1.82, 2.24) is 9.47 Å². The Labute approximate surface area is 244 Å². The predicted octanol–water partition coefficient (Wildman–Crippen LogP) is 2.12. The third kappa shape index (κ3) is 7.27. The van der Waals surface area contributed by atoms with E-state index in [-0.39, 0.29) is 61.8 Å². The highest BCUT2D eigenvalue weighted by Crippen LogP contribution is 2.39. The molecule has 13 nitrogen and oxygen atoms in total. The van der Waals surface area contributed by atoms with Crippen LogP contribution in [0.3, 0.4) is 0 Å². The molecule has 0 saturated carbocycles. The summed E-state index contributed by atoms with van der Waals surface area (Å²) >= 11 is 0. The molecule has 3 amide bonds. The highest BCUT2D eigenvalue weighted by atomic mass is 16.7. The molecule has 4 unspecified atom stereocenters. The number of nitrogens with zero attached hydrogens (tertiary/aromatic N) is 3. The fourth-order valence-electron chi connectivity index (χ4n) is 5.09. The zero-order valence-electron chi connectivity index (χ0n) is 24.1. The van der Waals surface area contributed by atoms with Crippen LogP contribution in [0.2, 0.25) is 0 Å². The Morgan fingerprint density at radius 2 is 2.00 bits per heavy atom. The maximum absolute atomic E-state index is 13.5. The number of aliphatic hydroxyl groups excluding tert-OH is 2. The first-order valence-corrected chi connectivity index (χ1v) is 14.2. The standard InChI is InChI=1S/C29H39N5O8/c1-4-18-14-31-22-13-24(40-8-6-7-26(37)32-17-9-23(28(30)38)33(3)15-17)25(12-21(22)29(39)34(18)5-2)42-27-11-19(36)10-20(16-35)41-27/h9,12-15,18-20,27,35-36H,4-8,10-11,16H2,1-3H3,(H2,30,38)(H,32,37). The molecule has 1 aromatic carbocycles. The van der Waals surface area contributed by atoms with Crippen molar-refractivity contribution in [1.29, 1.82) is 0 Å². The number of aryl methyl sites for hydroxylation is 1. The van der Waals surface area contributed by atoms with Gasteiger partial charge in [-0.2, -0.15) is 0 Å². The highest BCUT2D eigenvalue weighted by molar-refractivity contribution is 6.03. The third-order valence-electron chi connectivity index (χ3n) is 7.25. The maximum atomic E-state index is 13.5. The van der Waals surface area contributed by atoms with Gasteiger partial charge in [-0.25, -0.2) is 0 Å². The van der Waals surface area contributed by atoms with Gasteiger partial charge in [0.15, 0.2) is 11.5 Å². The second kappa shape index (κ2) is 13.8. The molecule has 42 heavy (non-hydrogen) atoms. The molecule has 1 saturated heterocycles. The van der Waals surface area contributed by atoms with E-state index in [0.717, 1.165) is 0 Å². The van der Waals surface area contributed by atoms with Crippen molar-refractivity contribution in [3.05, 3.63) is 35.7 Å². The molecule has 0 spiro atoms. The molecule has 2 aliphatic heterocycles. The number of benzene rings is 1. The van der Waals surface area contributed by atoms with Crippen LogP contribution in [0.15, 0.2) is 29.4 Å². The van der Waals surface area contributed by atoms with E-state index in [2.05, 4.69) is 10.3 Å². The predicted molar refractivity (Wildman–Crippen MR) is 154 cm³/mol. The van der Waals surface area contributed by atoms with Crippen molar-refractivity contribution in [3.8, 4) is 11.5 Å². The van der Waals surface area contributed by atoms with Gasteiger partial charge in [-0.15, -0.1) is 0 Å². The average molecular weight is 586 g/mol. The Morgan fingerprint density at radius 3 is 2.67 bits per heavy atom. The van der Waals surface area contributed by atoms with Gasteiger partial charge in [0.05, 0.1) is 48.4 Å². The SMILES string of the molecule is CCC1C=Nc2cc(OCCCC(=O)Nc3cc(C(N)=O)n(C)c3)c(OC3CC(O)CC(CO)O3)cc2C(=O)N1CC. The fourth-order valence-corrected chi connectivity index (χ4v) is 5.09. The van der Waals surface area contributed by atoms with Gasteiger partial charge in [0.25, 0.3) is 11.8 Å². The van der Waals surface area contributed by atoms with E-state index in [4.69, 9.17) is 19.9 Å². The number of ether oxygens (including phenoxy) is 3. The molecule has 13 heteroatoms. The summed E-state index contributed by atoms with van der Waals surface area (Å²) in [6.45, 7) is 4.27. The second-order valence-corrected chi connectivity index (χ2v) is 10.4. The molecule has 2 aromatic rings. The summed E-state index contributed by atoms with van der Waals surface area (Å²) in [6.07, 6.45) is 2.83. The van der Waals surface area contributed by atoms with Crippen molar-refractivity contribution >= 4 is 35.3 Å². The van der Waals surface area contributed by atoms with Crippen LogP contribution in [0.4, 0.5) is 11.4 Å². The number of anilines is 1. The minimum Gasteiger partial charge on any atom is -0.490 e. The van der Waals surface area contributed by atoms with Crippen LogP contribution in [-0.2, 0) is 16.6 Å². The largest absolute Gasteiger partial charge is 0.490 e. The van der Waals surface area contributed by atoms with Gasteiger partial charge >= 0.3 is 0 Å². The molecule has 4 atom stereocenters. The minimum atomic E-state index is -0.872. The summed E-state index contributed by atoms with van der Waals surface area (Å²) in [7, 11) is 1.66. The Morgan fingerprint density at radius 1 is 1.21 bits per heavy atom. The molecule has 0 bridgehead atoms. The van der Waals surface area contributed by atoms with Crippen molar-refractivity contribution < 1.29 is 38.8 Å². The molecule has 4 rings (SSSR count). The van der Waals surface area contributed by atoms with Crippen LogP contribution in [0.25, 0.3) is 0 Å². The molecular formula is C29H39N5O8. The number of nitrogens with two attached hydrogens (primary N) is 1. The smallest absolute Gasteiger partial charge is 0.265 e. The Hall–Kier alpha value is -3.94. The number of nitrogens with one attached hydrogen (secondary N) is 1. The number of carbonyl (C=O) groups is 3. The van der Waals surface area contributed by atoms with Gasteiger partial charge in [-0.3, -0.25) is 19.4 Å². The van der Waals surface area contributed by atoms with E-state index in [0.29, 0.717) is 42.1 Å². The van der Waals surface area contributed by atoms with E-state index in [1.54, 1.807) is 36.5 Å². The topological polar surface area (TPSA) is 178 Å². The number of rotatable bonds is 12. The van der Waals surface area contributed by atoms with Crippen molar-refractivity contribution in [2.24, 2.45) is 17.8 Å². The number of carbonyl (C=O) groups excluding carboxylic acids is 3. The molecule has 228 valence electrons. The molecule has 1 fully saturated rings. The minimum absolute atomic E-state index is 0.137. The summed E-state index contributed by atoms with van der Waals surface area (Å²) in [6, 6.07) is 4.55. The van der Waals surface area contributed by atoms with E-state index in [1.807, 2.05) is 13.8 Å². The van der Waals surface area contributed by atoms with E-state index in [9.17, 15) is 24.6 Å². The molecular weight excluding hydrogens is 546 g/mol. The number of primary amides is 1. The number of hydrogen-bond acceptors (Lipinski definition) is 9. The quantitative estimate of drug-likeness (QED) is 0.274. The zero-order chi connectivity index (χ0) is 30.4. The summed E-state index contributed by atoms with van der Waals surface area (Å²) in [5, 5.41) is 22.6. The van der Waals surface area contributed by atoms with Crippen LogP contribution >= 0.6 is 0 Å². The monoisotopic (exact) mass is 585 g/mol. The van der Waals surface area contributed by atoms with E-state index < -0.39 is 24.4 Å². The fraction of sp³-hybridized carbons (Fsp3) is 0.517. The molecule has 5 N–H and O–H groups in total. The molecule has 2 aliphatic rings. The second-order valence-electron chi connectivity index (χ2n) is 10.4. The first kappa shape index (κ1) is 31.0. The lowest BCUT2D eigenvalue weighted by molar-refractivity contribution is -0.185. The van der Waals surface area contributed by atoms with Crippen LogP contribution in [0, 0.1) is 0 Å². The van der Waals surface area contributed by atoms with Gasteiger partial charge in [0.1, 0.15) is 5.69 Å². The summed E-state index contributed by atoms with van der Waals surface area (Å²) < 4.78 is 19.4. The lowest BCUT2D eigenvalue weighted by atomic mass is 10.1. The lowest BCUT2D eigenvalue weighted by Crippen LogP contribution is -2.40. The Balaban J connectivity index is 1.49. The van der Waals surface area contributed by atoms with E-state index in [1.165, 1.54) is 10.6 Å². The normalized spacial score (nSPS) is 21.9. The first-order valence-electron chi connectivity index (χ1n) is 14.2. The van der Waals surface area contributed by atoms with Crippen molar-refractivity contribution in [2.75, 3.05) is 25.1 Å². The van der Waals surface area contributed by atoms with Crippen LogP contribution in [0.1, 0.15) is 66.8 Å². The third-order valence-corrected chi connectivity index (χ3v) is 7.25. The molecule has 3 heterocycles. The van der Waals surface area contributed by atoms with Crippen LogP contribution < -0.4 is 20.5 Å². The van der Waals surface area contributed by atoms with Gasteiger partial charge in [0, 0.05) is 51.3 Å². The van der Waals surface area contributed by atoms with E-state index >= 15 is 0 Å². The molecule has 0 radical (unpaired) electrons. The molecule has 1 aromatic heterocycles. The lowest BCUT2D eigenvalue weighted by Gasteiger charge is -2.32. The van der Waals surface area contributed by atoms with Gasteiger partial charge in [-0.05, 0) is 31.9 Å². The highest BCUT2D eigenvalue weighted by Gasteiger charge is 2.32. The number of amides is 3. The summed E-state index contributed by atoms with van der Waals surface area (Å²) in [5.74, 6) is -0.520. The summed E-state index contributed by atoms with van der Waals surface area (Å²) in [4.78, 5) is 43.7. The van der Waals surface area contributed by atoms with Gasteiger partial charge in [-0.1, -0.05) is 6.92 Å². The molecule has 0 aliphatic carbocycles. The number of hydrogen-bond donors (Lipinski definition) is 4. The summed E-state index contributed by atoms with van der Waals surface area (Å²) in [5.41, 5.74) is 6.85. The van der Waals surface area contributed by atoms with Gasteiger partial charge < -0.3 is 44.9 Å².